The summed E-state index contributed by atoms with van der Waals surface area (Å²) in [5.41, 5.74) is 2.38. The standard InChI is InChI=1S/C23H20N2O4/c26-22(24-19-11-12-20-21(13-19)29-16-28-20)23(27)25(14-17-7-3-1-4-8-17)15-18-9-5-2-6-10-18/h1-13H,14-16H2,(H,24,26). The van der Waals surface area contributed by atoms with Crippen LogP contribution in [0.3, 0.4) is 0 Å². The van der Waals surface area contributed by atoms with Crippen LogP contribution >= 0.6 is 0 Å². The summed E-state index contributed by atoms with van der Waals surface area (Å²) in [6.45, 7) is 0.819. The van der Waals surface area contributed by atoms with E-state index in [1.165, 1.54) is 4.90 Å². The first kappa shape index (κ1) is 18.6. The molecule has 0 spiro atoms. The minimum Gasteiger partial charge on any atom is -0.454 e. The molecule has 0 fully saturated rings. The molecule has 3 aromatic carbocycles. The van der Waals surface area contributed by atoms with E-state index in [2.05, 4.69) is 5.32 Å². The lowest BCUT2D eigenvalue weighted by Crippen LogP contribution is -2.38. The molecular weight excluding hydrogens is 368 g/mol. The first-order valence-corrected chi connectivity index (χ1v) is 9.27. The number of anilines is 1. The van der Waals surface area contributed by atoms with Gasteiger partial charge < -0.3 is 19.7 Å². The maximum atomic E-state index is 12.9. The van der Waals surface area contributed by atoms with Crippen molar-refractivity contribution in [3.63, 3.8) is 0 Å². The Morgan fingerprint density at radius 3 is 2.00 bits per heavy atom. The highest BCUT2D eigenvalue weighted by molar-refractivity contribution is 6.39. The van der Waals surface area contributed by atoms with Gasteiger partial charge in [-0.15, -0.1) is 0 Å². The molecule has 1 aliphatic rings. The largest absolute Gasteiger partial charge is 0.454 e. The molecule has 0 saturated heterocycles. The molecule has 0 aliphatic carbocycles. The number of hydrogen-bond donors (Lipinski definition) is 1. The normalized spacial score (nSPS) is 11.7. The second-order valence-electron chi connectivity index (χ2n) is 6.65. The van der Waals surface area contributed by atoms with E-state index < -0.39 is 11.8 Å². The highest BCUT2D eigenvalue weighted by Crippen LogP contribution is 2.34. The van der Waals surface area contributed by atoms with Gasteiger partial charge in [0, 0.05) is 24.8 Å². The SMILES string of the molecule is O=C(Nc1ccc2c(c1)OCO2)C(=O)N(Cc1ccccc1)Cc1ccccc1. The van der Waals surface area contributed by atoms with Crippen molar-refractivity contribution in [2.45, 2.75) is 13.1 Å². The predicted molar refractivity (Wildman–Crippen MR) is 108 cm³/mol. The number of carbonyl (C=O) groups excluding carboxylic acids is 2. The van der Waals surface area contributed by atoms with Crippen molar-refractivity contribution in [1.29, 1.82) is 0 Å². The minimum atomic E-state index is -0.698. The third-order valence-electron chi connectivity index (χ3n) is 4.54. The summed E-state index contributed by atoms with van der Waals surface area (Å²) in [6, 6.07) is 24.2. The van der Waals surface area contributed by atoms with Crippen molar-refractivity contribution in [2.75, 3.05) is 12.1 Å². The summed E-state index contributed by atoms with van der Waals surface area (Å²) >= 11 is 0. The molecule has 0 radical (unpaired) electrons. The van der Waals surface area contributed by atoms with Crippen LogP contribution in [0.25, 0.3) is 0 Å². The lowest BCUT2D eigenvalue weighted by molar-refractivity contribution is -0.144. The average Bonchev–Trinajstić information content (AvgIpc) is 3.22. The van der Waals surface area contributed by atoms with Crippen LogP contribution in [0.2, 0.25) is 0 Å². The number of amides is 2. The Morgan fingerprint density at radius 2 is 1.38 bits per heavy atom. The van der Waals surface area contributed by atoms with Crippen LogP contribution in [0.5, 0.6) is 11.5 Å². The number of ether oxygens (including phenoxy) is 2. The van der Waals surface area contributed by atoms with E-state index in [9.17, 15) is 9.59 Å². The van der Waals surface area contributed by atoms with Crippen molar-refractivity contribution in [3.8, 4) is 11.5 Å². The van der Waals surface area contributed by atoms with Gasteiger partial charge in [0.15, 0.2) is 11.5 Å². The summed E-state index contributed by atoms with van der Waals surface area (Å²) in [4.78, 5) is 27.1. The van der Waals surface area contributed by atoms with E-state index in [4.69, 9.17) is 9.47 Å². The van der Waals surface area contributed by atoms with E-state index in [0.717, 1.165) is 11.1 Å². The molecule has 3 aromatic rings. The third kappa shape index (κ3) is 4.55. The second kappa shape index (κ2) is 8.48. The van der Waals surface area contributed by atoms with Gasteiger partial charge in [0.25, 0.3) is 0 Å². The Kier molecular flexibility index (Phi) is 5.42. The number of benzene rings is 3. The third-order valence-corrected chi connectivity index (χ3v) is 4.54. The maximum Gasteiger partial charge on any atom is 0.313 e. The molecule has 6 heteroatoms. The highest BCUT2D eigenvalue weighted by Gasteiger charge is 2.23. The van der Waals surface area contributed by atoms with Gasteiger partial charge in [-0.05, 0) is 23.3 Å². The van der Waals surface area contributed by atoms with E-state index in [1.807, 2.05) is 60.7 Å². The first-order chi connectivity index (χ1) is 14.2. The molecule has 6 nitrogen and oxygen atoms in total. The van der Waals surface area contributed by atoms with Crippen LogP contribution in [0.15, 0.2) is 78.9 Å². The molecule has 0 aromatic heterocycles. The lowest BCUT2D eigenvalue weighted by atomic mass is 10.1. The average molecular weight is 388 g/mol. The minimum absolute atomic E-state index is 0.146. The molecule has 1 heterocycles. The number of carbonyl (C=O) groups is 2. The molecule has 0 bridgehead atoms. The Labute approximate surface area is 168 Å². The smallest absolute Gasteiger partial charge is 0.313 e. The number of nitrogens with one attached hydrogen (secondary N) is 1. The zero-order valence-corrected chi connectivity index (χ0v) is 15.7. The van der Waals surface area contributed by atoms with Gasteiger partial charge in [-0.2, -0.15) is 0 Å². The van der Waals surface area contributed by atoms with Crippen LogP contribution in [0.1, 0.15) is 11.1 Å². The number of rotatable bonds is 5. The highest BCUT2D eigenvalue weighted by atomic mass is 16.7. The van der Waals surface area contributed by atoms with Crippen LogP contribution in [-0.4, -0.2) is 23.5 Å². The summed E-state index contributed by atoms with van der Waals surface area (Å²) in [7, 11) is 0. The van der Waals surface area contributed by atoms with Gasteiger partial charge in [-0.25, -0.2) is 0 Å². The van der Waals surface area contributed by atoms with Gasteiger partial charge in [0.2, 0.25) is 6.79 Å². The van der Waals surface area contributed by atoms with Gasteiger partial charge in [0.05, 0.1) is 0 Å². The Hall–Kier alpha value is -3.80. The Balaban J connectivity index is 1.50. The summed E-state index contributed by atoms with van der Waals surface area (Å²) in [5.74, 6) is -0.143. The second-order valence-corrected chi connectivity index (χ2v) is 6.65. The number of nitrogens with zero attached hydrogens (tertiary/aromatic N) is 1. The van der Waals surface area contributed by atoms with Gasteiger partial charge in [-0.3, -0.25) is 9.59 Å². The maximum absolute atomic E-state index is 12.9. The summed E-state index contributed by atoms with van der Waals surface area (Å²) in [5, 5.41) is 2.66. The Bertz CT molecular complexity index is 964. The molecule has 0 saturated carbocycles. The van der Waals surface area contributed by atoms with Crippen molar-refractivity contribution in [2.24, 2.45) is 0 Å². The fourth-order valence-electron chi connectivity index (χ4n) is 3.11. The van der Waals surface area contributed by atoms with E-state index in [0.29, 0.717) is 30.3 Å². The van der Waals surface area contributed by atoms with E-state index >= 15 is 0 Å². The number of hydrogen-bond acceptors (Lipinski definition) is 4. The van der Waals surface area contributed by atoms with Gasteiger partial charge in [0.1, 0.15) is 0 Å². The van der Waals surface area contributed by atoms with E-state index in [1.54, 1.807) is 18.2 Å². The van der Waals surface area contributed by atoms with Crippen molar-refractivity contribution >= 4 is 17.5 Å². The molecule has 2 amide bonds. The zero-order valence-electron chi connectivity index (χ0n) is 15.7. The monoisotopic (exact) mass is 388 g/mol. The summed E-state index contributed by atoms with van der Waals surface area (Å²) in [6.07, 6.45) is 0. The van der Waals surface area contributed by atoms with Crippen molar-refractivity contribution in [3.05, 3.63) is 90.0 Å². The van der Waals surface area contributed by atoms with E-state index in [-0.39, 0.29) is 6.79 Å². The van der Waals surface area contributed by atoms with Crippen LogP contribution in [-0.2, 0) is 22.7 Å². The molecule has 1 N–H and O–H groups in total. The molecule has 1 aliphatic heterocycles. The molecule has 4 rings (SSSR count). The molecular formula is C23H20N2O4. The Morgan fingerprint density at radius 1 is 0.793 bits per heavy atom. The lowest BCUT2D eigenvalue weighted by Gasteiger charge is -2.22. The fraction of sp³-hybridized carbons (Fsp3) is 0.130. The molecule has 146 valence electrons. The predicted octanol–water partition coefficient (Wildman–Crippen LogP) is 3.58. The molecule has 0 unspecified atom stereocenters. The van der Waals surface area contributed by atoms with Gasteiger partial charge in [-0.1, -0.05) is 60.7 Å². The number of fused-ring (bicyclic) bond motifs is 1. The quantitative estimate of drug-likeness (QED) is 0.679. The van der Waals surface area contributed by atoms with Crippen molar-refractivity contribution in [1.82, 2.24) is 4.90 Å². The molecule has 0 atom stereocenters. The fourth-order valence-corrected chi connectivity index (χ4v) is 3.11. The molecule has 29 heavy (non-hydrogen) atoms. The zero-order chi connectivity index (χ0) is 20.1. The van der Waals surface area contributed by atoms with Crippen LogP contribution in [0.4, 0.5) is 5.69 Å². The van der Waals surface area contributed by atoms with Gasteiger partial charge >= 0.3 is 11.8 Å². The summed E-state index contributed by atoms with van der Waals surface area (Å²) < 4.78 is 10.6. The topological polar surface area (TPSA) is 67.9 Å². The van der Waals surface area contributed by atoms with Crippen molar-refractivity contribution < 1.29 is 19.1 Å². The van der Waals surface area contributed by atoms with Crippen LogP contribution in [0, 0.1) is 0 Å². The van der Waals surface area contributed by atoms with Crippen LogP contribution < -0.4 is 14.8 Å². The first-order valence-electron chi connectivity index (χ1n) is 9.27.